The van der Waals surface area contributed by atoms with Crippen LogP contribution >= 0.6 is 0 Å². The summed E-state index contributed by atoms with van der Waals surface area (Å²) in [5.41, 5.74) is 0.210. The monoisotopic (exact) mass is 364 g/mol. The van der Waals surface area contributed by atoms with Crippen LogP contribution in [0.15, 0.2) is 66.7 Å². The minimum absolute atomic E-state index is 0.149. The number of aliphatic hydroxyl groups is 1. The first-order chi connectivity index (χ1) is 12.8. The molecule has 5 heteroatoms. The fourth-order valence-corrected chi connectivity index (χ4v) is 3.35. The molecule has 2 amide bonds. The number of nitrogens with zero attached hydrogens (tertiary/aromatic N) is 1. The van der Waals surface area contributed by atoms with E-state index in [1.54, 1.807) is 29.2 Å². The van der Waals surface area contributed by atoms with Crippen molar-refractivity contribution in [1.82, 2.24) is 0 Å². The molecule has 1 aliphatic rings. The topological polar surface area (TPSA) is 69.6 Å². The quantitative estimate of drug-likeness (QED) is 0.771. The van der Waals surface area contributed by atoms with E-state index < -0.39 is 17.4 Å². The van der Waals surface area contributed by atoms with Crippen LogP contribution in [-0.2, 0) is 15.2 Å². The predicted octanol–water partition coefficient (Wildman–Crippen LogP) is 3.46. The van der Waals surface area contributed by atoms with Gasteiger partial charge < -0.3 is 15.3 Å². The number of nitrogens with one attached hydrogen (secondary N) is 1. The Morgan fingerprint density at radius 2 is 1.78 bits per heavy atom. The Morgan fingerprint density at radius 1 is 1.15 bits per heavy atom. The first kappa shape index (κ1) is 18.9. The molecular weight excluding hydrogens is 340 g/mol. The minimum atomic E-state index is -1.78. The highest BCUT2D eigenvalue weighted by atomic mass is 16.3. The lowest BCUT2D eigenvalue weighted by Crippen LogP contribution is -2.42. The van der Waals surface area contributed by atoms with Crippen molar-refractivity contribution in [2.45, 2.75) is 25.9 Å². The maximum absolute atomic E-state index is 13.0. The van der Waals surface area contributed by atoms with Gasteiger partial charge in [-0.3, -0.25) is 9.59 Å². The standard InChI is InChI=1S/C22H24N2O3/c1-15(2)14-24-19-12-8-7-11-18(19)22(27,21(24)26)13-16(3)20(25)23-17-9-5-4-6-10-17/h4-12,15,27H,3,13-14H2,1-2H3,(H,23,25)/t22-/m1/s1. The molecule has 1 atom stereocenters. The van der Waals surface area contributed by atoms with Gasteiger partial charge in [0.2, 0.25) is 0 Å². The lowest BCUT2D eigenvalue weighted by Gasteiger charge is -2.24. The van der Waals surface area contributed by atoms with Gasteiger partial charge in [0.15, 0.2) is 5.60 Å². The third-order valence-corrected chi connectivity index (χ3v) is 4.61. The number of para-hydroxylation sites is 2. The van der Waals surface area contributed by atoms with E-state index in [0.717, 1.165) is 0 Å². The predicted molar refractivity (Wildman–Crippen MR) is 106 cm³/mol. The Bertz CT molecular complexity index is 876. The molecule has 0 bridgehead atoms. The average molecular weight is 364 g/mol. The van der Waals surface area contributed by atoms with E-state index in [-0.39, 0.29) is 17.9 Å². The summed E-state index contributed by atoms with van der Waals surface area (Å²) in [5.74, 6) is -0.581. The van der Waals surface area contributed by atoms with Crippen LogP contribution in [0, 0.1) is 5.92 Å². The van der Waals surface area contributed by atoms with Gasteiger partial charge in [-0.1, -0.05) is 56.8 Å². The number of carbonyl (C=O) groups is 2. The highest BCUT2D eigenvalue weighted by molar-refractivity contribution is 6.09. The molecule has 0 radical (unpaired) electrons. The molecule has 140 valence electrons. The van der Waals surface area contributed by atoms with Crippen molar-refractivity contribution in [2.24, 2.45) is 5.92 Å². The van der Waals surface area contributed by atoms with Crippen molar-refractivity contribution in [1.29, 1.82) is 0 Å². The van der Waals surface area contributed by atoms with Crippen molar-refractivity contribution in [3.8, 4) is 0 Å². The number of carbonyl (C=O) groups excluding carboxylic acids is 2. The molecule has 0 aromatic heterocycles. The lowest BCUT2D eigenvalue weighted by atomic mass is 9.88. The number of rotatable bonds is 6. The molecule has 0 spiro atoms. The zero-order valence-electron chi connectivity index (χ0n) is 15.6. The van der Waals surface area contributed by atoms with Crippen molar-refractivity contribution < 1.29 is 14.7 Å². The fourth-order valence-electron chi connectivity index (χ4n) is 3.35. The van der Waals surface area contributed by atoms with Gasteiger partial charge in [0.1, 0.15) is 0 Å². The van der Waals surface area contributed by atoms with Gasteiger partial charge in [-0.2, -0.15) is 0 Å². The van der Waals surface area contributed by atoms with Crippen LogP contribution in [0.25, 0.3) is 0 Å². The largest absolute Gasteiger partial charge is 0.375 e. The summed E-state index contributed by atoms with van der Waals surface area (Å²) >= 11 is 0. The Hall–Kier alpha value is -2.92. The summed E-state index contributed by atoms with van der Waals surface area (Å²) in [6.07, 6.45) is -0.157. The molecule has 0 aliphatic carbocycles. The Labute approximate surface area is 159 Å². The summed E-state index contributed by atoms with van der Waals surface area (Å²) < 4.78 is 0. The van der Waals surface area contributed by atoms with E-state index in [0.29, 0.717) is 23.5 Å². The van der Waals surface area contributed by atoms with Gasteiger partial charge in [0.25, 0.3) is 11.8 Å². The van der Waals surface area contributed by atoms with Crippen molar-refractivity contribution in [2.75, 3.05) is 16.8 Å². The van der Waals surface area contributed by atoms with Crippen LogP contribution in [0.3, 0.4) is 0 Å². The van der Waals surface area contributed by atoms with Crippen LogP contribution in [0.5, 0.6) is 0 Å². The average Bonchev–Trinajstić information content (AvgIpc) is 2.84. The molecule has 1 aliphatic heterocycles. The number of anilines is 2. The van der Waals surface area contributed by atoms with E-state index >= 15 is 0 Å². The third-order valence-electron chi connectivity index (χ3n) is 4.61. The molecule has 2 N–H and O–H groups in total. The zero-order chi connectivity index (χ0) is 19.6. The van der Waals surface area contributed by atoms with Gasteiger partial charge in [0.05, 0.1) is 5.69 Å². The molecule has 0 saturated carbocycles. The van der Waals surface area contributed by atoms with Crippen LogP contribution in [0.1, 0.15) is 25.8 Å². The summed E-state index contributed by atoms with van der Waals surface area (Å²) in [4.78, 5) is 27.1. The summed E-state index contributed by atoms with van der Waals surface area (Å²) in [6, 6.07) is 16.2. The summed E-state index contributed by atoms with van der Waals surface area (Å²) in [5, 5.41) is 14.0. The van der Waals surface area contributed by atoms with Gasteiger partial charge >= 0.3 is 0 Å². The van der Waals surface area contributed by atoms with Crippen molar-refractivity contribution in [3.63, 3.8) is 0 Å². The minimum Gasteiger partial charge on any atom is -0.375 e. The Kier molecular flexibility index (Phi) is 5.15. The zero-order valence-corrected chi connectivity index (χ0v) is 15.6. The molecule has 0 fully saturated rings. The second-order valence-corrected chi connectivity index (χ2v) is 7.29. The van der Waals surface area contributed by atoms with Crippen LogP contribution in [0.2, 0.25) is 0 Å². The summed E-state index contributed by atoms with van der Waals surface area (Å²) in [6.45, 7) is 8.34. The molecule has 5 nitrogen and oxygen atoms in total. The maximum Gasteiger partial charge on any atom is 0.264 e. The van der Waals surface area contributed by atoms with E-state index in [1.807, 2.05) is 44.2 Å². The van der Waals surface area contributed by atoms with Gasteiger partial charge in [-0.15, -0.1) is 0 Å². The van der Waals surface area contributed by atoms with Crippen LogP contribution < -0.4 is 10.2 Å². The molecule has 0 saturated heterocycles. The Balaban J connectivity index is 1.83. The summed E-state index contributed by atoms with van der Waals surface area (Å²) in [7, 11) is 0. The van der Waals surface area contributed by atoms with Crippen LogP contribution in [0.4, 0.5) is 11.4 Å². The molecule has 1 heterocycles. The molecule has 2 aromatic rings. The van der Waals surface area contributed by atoms with Crippen molar-refractivity contribution >= 4 is 23.2 Å². The van der Waals surface area contributed by atoms with E-state index in [1.165, 1.54) is 0 Å². The number of amides is 2. The molecular formula is C22H24N2O3. The molecule has 3 rings (SSSR count). The number of benzene rings is 2. The second-order valence-electron chi connectivity index (χ2n) is 7.29. The Morgan fingerprint density at radius 3 is 2.44 bits per heavy atom. The lowest BCUT2D eigenvalue weighted by molar-refractivity contribution is -0.136. The fraction of sp³-hybridized carbons (Fsp3) is 0.273. The van der Waals surface area contributed by atoms with Crippen LogP contribution in [-0.4, -0.2) is 23.5 Å². The highest BCUT2D eigenvalue weighted by Crippen LogP contribution is 2.43. The van der Waals surface area contributed by atoms with Gasteiger partial charge in [0, 0.05) is 29.8 Å². The first-order valence-corrected chi connectivity index (χ1v) is 9.01. The van der Waals surface area contributed by atoms with Gasteiger partial charge in [-0.25, -0.2) is 0 Å². The molecule has 2 aromatic carbocycles. The smallest absolute Gasteiger partial charge is 0.264 e. The van der Waals surface area contributed by atoms with Crippen molar-refractivity contribution in [3.05, 3.63) is 72.3 Å². The first-order valence-electron chi connectivity index (χ1n) is 9.01. The third kappa shape index (κ3) is 3.64. The SMILES string of the molecule is C=C(C[C@]1(O)C(=O)N(CC(C)C)c2ccccc21)C(=O)Nc1ccccc1. The molecule has 27 heavy (non-hydrogen) atoms. The second kappa shape index (κ2) is 7.37. The van der Waals surface area contributed by atoms with Gasteiger partial charge in [-0.05, 0) is 24.1 Å². The highest BCUT2D eigenvalue weighted by Gasteiger charge is 2.50. The number of fused-ring (bicyclic) bond motifs is 1. The van der Waals surface area contributed by atoms with E-state index in [4.69, 9.17) is 0 Å². The normalized spacial score (nSPS) is 18.5. The maximum atomic E-state index is 13.0. The van der Waals surface area contributed by atoms with E-state index in [9.17, 15) is 14.7 Å². The number of hydrogen-bond donors (Lipinski definition) is 2. The van der Waals surface area contributed by atoms with E-state index in [2.05, 4.69) is 11.9 Å². The number of hydrogen-bond acceptors (Lipinski definition) is 3. The molecule has 0 unspecified atom stereocenters.